The van der Waals surface area contributed by atoms with E-state index in [2.05, 4.69) is 19.1 Å². The molecule has 0 saturated carbocycles. The van der Waals surface area contributed by atoms with E-state index in [0.717, 1.165) is 0 Å². The van der Waals surface area contributed by atoms with Crippen LogP contribution < -0.4 is 0 Å². The number of sulfonamides is 1. The first-order valence-electron chi connectivity index (χ1n) is 9.46. The van der Waals surface area contributed by atoms with Crippen LogP contribution in [0.3, 0.4) is 0 Å². The van der Waals surface area contributed by atoms with Gasteiger partial charge in [-0.2, -0.15) is 0 Å². The maximum absolute atomic E-state index is 12.9. The van der Waals surface area contributed by atoms with Gasteiger partial charge in [0.1, 0.15) is 0 Å². The van der Waals surface area contributed by atoms with E-state index >= 15 is 0 Å². The number of halogens is 1. The molecule has 0 aromatic heterocycles. The fourth-order valence-electron chi connectivity index (χ4n) is 3.13. The predicted octanol–water partition coefficient (Wildman–Crippen LogP) is 6.35. The van der Waals surface area contributed by atoms with Gasteiger partial charge in [0.15, 0.2) is 0 Å². The molecule has 0 spiro atoms. The van der Waals surface area contributed by atoms with Crippen LogP contribution in [0.25, 0.3) is 10.5 Å². The van der Waals surface area contributed by atoms with E-state index in [-0.39, 0.29) is 18.7 Å². The fourth-order valence-corrected chi connectivity index (χ4v) is 4.40. The quantitative estimate of drug-likeness (QED) is 0.178. The average Bonchev–Trinajstić information content (AvgIpc) is 2.84. The van der Waals surface area contributed by atoms with E-state index in [1.54, 1.807) is 54.6 Å². The minimum absolute atomic E-state index is 0. The van der Waals surface area contributed by atoms with Gasteiger partial charge in [0.25, 0.3) is 0 Å². The van der Waals surface area contributed by atoms with Gasteiger partial charge in [-0.3, -0.25) is 0 Å². The molecule has 9 heteroatoms. The molecule has 0 aliphatic heterocycles. The third-order valence-electron chi connectivity index (χ3n) is 4.59. The molecule has 33 heavy (non-hydrogen) atoms. The van der Waals surface area contributed by atoms with Gasteiger partial charge in [-0.1, -0.05) is 83.9 Å². The molecular formula is C24H25ClN2O4RuS. The summed E-state index contributed by atoms with van der Waals surface area (Å²) in [5, 5.41) is 0. The maximum atomic E-state index is 12.9. The number of nitrogens with one attached hydrogen (secondary N) is 1. The number of esters is 1. The van der Waals surface area contributed by atoms with Crippen molar-refractivity contribution in [1.29, 1.82) is 0 Å². The van der Waals surface area contributed by atoms with Crippen molar-refractivity contribution >= 4 is 25.7 Å². The molecule has 6 nitrogen and oxygen atoms in total. The van der Waals surface area contributed by atoms with Crippen molar-refractivity contribution in [3.8, 4) is 0 Å². The molecule has 1 N–H and O–H groups in total. The average molecular weight is 574 g/mol. The number of benzene rings is 3. The van der Waals surface area contributed by atoms with E-state index in [1.807, 2.05) is 41.6 Å². The number of rotatable bonds is 8. The molecule has 3 aromatic rings. The molecule has 0 heterocycles. The zero-order valence-electron chi connectivity index (χ0n) is 18.2. The molecular weight excluding hydrogens is 549 g/mol. The van der Waals surface area contributed by atoms with Crippen LogP contribution in [-0.2, 0) is 37.8 Å². The van der Waals surface area contributed by atoms with Crippen LogP contribution >= 0.6 is 9.69 Å². The Morgan fingerprint density at radius 1 is 0.970 bits per heavy atom. The third kappa shape index (κ3) is 8.65. The van der Waals surface area contributed by atoms with Gasteiger partial charge in [-0.25, -0.2) is 13.2 Å². The van der Waals surface area contributed by atoms with Crippen molar-refractivity contribution < 1.29 is 35.3 Å². The first kappa shape index (κ1) is 28.9. The first-order valence-corrected chi connectivity index (χ1v) is 13.3. The second-order valence-electron chi connectivity index (χ2n) is 6.77. The normalized spacial score (nSPS) is 12.3. The number of carbonyl (C=O) groups excluding carboxylic acids is 1. The molecule has 3 aromatic carbocycles. The molecule has 176 valence electrons. The molecule has 2 unspecified atom stereocenters. The molecule has 3 rings (SSSR count). The Hall–Kier alpha value is -2.09. The van der Waals surface area contributed by atoms with Gasteiger partial charge >= 0.3 is 33.0 Å². The summed E-state index contributed by atoms with van der Waals surface area (Å²) in [6.45, 7) is 0. The van der Waals surface area contributed by atoms with Crippen LogP contribution in [0.15, 0.2) is 84.9 Å². The Bertz CT molecular complexity index is 1100. The van der Waals surface area contributed by atoms with Crippen LogP contribution in [-0.4, -0.2) is 21.5 Å². The zero-order chi connectivity index (χ0) is 23.6. The summed E-state index contributed by atoms with van der Waals surface area (Å²) in [4.78, 5) is 11.7. The van der Waals surface area contributed by atoms with Crippen LogP contribution in [0.5, 0.6) is 0 Å². The van der Waals surface area contributed by atoms with E-state index in [4.69, 9.17) is 5.73 Å². The van der Waals surface area contributed by atoms with Crippen molar-refractivity contribution in [2.45, 2.75) is 17.8 Å². The molecule has 0 amide bonds. The van der Waals surface area contributed by atoms with Gasteiger partial charge in [-0.05, 0) is 17.7 Å². The van der Waals surface area contributed by atoms with Crippen molar-refractivity contribution in [2.24, 2.45) is 0 Å². The van der Waals surface area contributed by atoms with Crippen molar-refractivity contribution in [3.05, 3.63) is 125 Å². The summed E-state index contributed by atoms with van der Waals surface area (Å²) >= 11 is 1.82. The van der Waals surface area contributed by atoms with Gasteiger partial charge < -0.3 is 22.6 Å². The molecule has 0 fully saturated rings. The van der Waals surface area contributed by atoms with Crippen LogP contribution in [0.2, 0.25) is 0 Å². The van der Waals surface area contributed by atoms with Gasteiger partial charge in [0.2, 0.25) is 0 Å². The van der Waals surface area contributed by atoms with Crippen LogP contribution in [0.1, 0.15) is 39.1 Å². The second-order valence-corrected chi connectivity index (χ2v) is 8.43. The van der Waals surface area contributed by atoms with E-state index in [9.17, 15) is 13.2 Å². The Morgan fingerprint density at radius 3 is 2.06 bits per heavy atom. The number of methoxy groups -OCH3 is 1. The van der Waals surface area contributed by atoms with Gasteiger partial charge in [0, 0.05) is 0 Å². The molecule has 0 saturated heterocycles. The van der Waals surface area contributed by atoms with E-state index < -0.39 is 28.1 Å². The van der Waals surface area contributed by atoms with Gasteiger partial charge in [-0.15, -0.1) is 12.1 Å². The standard InChI is InChI=1S/C23H22N2O4S.CH3.ClH.Ru/c1-29-23(26)20-14-8-9-17(15-20)16-30(27,28)25-22(19-12-6-3-7-13-19)21(24)18-10-4-2-5-11-18;;;/h2-15,21-22,24H,16H2,1H3;1H3;1H;/q-2;-1;;+4/p-1. The van der Waals surface area contributed by atoms with Crippen LogP contribution in [0.4, 0.5) is 0 Å². The van der Waals surface area contributed by atoms with Crippen molar-refractivity contribution in [1.82, 2.24) is 0 Å². The molecule has 0 aliphatic rings. The first-order chi connectivity index (χ1) is 15.4. The Kier molecular flexibility index (Phi) is 12.5. The third-order valence-corrected chi connectivity index (χ3v) is 5.83. The fraction of sp³-hybridized carbons (Fsp3) is 0.167. The summed E-state index contributed by atoms with van der Waals surface area (Å²) in [5.41, 5.74) is 10.7. The monoisotopic (exact) mass is 574 g/mol. The summed E-state index contributed by atoms with van der Waals surface area (Å²) in [7, 11) is 1.90. The summed E-state index contributed by atoms with van der Waals surface area (Å²) < 4.78 is 34.6. The Labute approximate surface area is 210 Å². The molecule has 0 aliphatic carbocycles. The number of hydrogen-bond donors (Lipinski definition) is 0. The summed E-state index contributed by atoms with van der Waals surface area (Å²) in [6, 6.07) is 22.5. The minimum atomic E-state index is -3.93. The Morgan fingerprint density at radius 2 is 1.52 bits per heavy atom. The molecule has 2 atom stereocenters. The second kappa shape index (κ2) is 14.2. The topological polar surface area (TPSA) is 98.3 Å². The molecule has 0 radical (unpaired) electrons. The van der Waals surface area contributed by atoms with Crippen molar-refractivity contribution in [2.75, 3.05) is 7.11 Å². The summed E-state index contributed by atoms with van der Waals surface area (Å²) in [6.07, 6.45) is 0. The number of nitrogens with zero attached hydrogens (tertiary/aromatic N) is 1. The molecule has 0 bridgehead atoms. The van der Waals surface area contributed by atoms with E-state index in [0.29, 0.717) is 16.7 Å². The summed E-state index contributed by atoms with van der Waals surface area (Å²) in [5.74, 6) is -0.911. The van der Waals surface area contributed by atoms with Gasteiger partial charge in [0.05, 0.1) is 28.4 Å². The van der Waals surface area contributed by atoms with Crippen molar-refractivity contribution in [3.63, 3.8) is 0 Å². The Balaban J connectivity index is 0.00000177. The zero-order valence-corrected chi connectivity index (χ0v) is 21.5. The number of hydrogen-bond acceptors (Lipinski definition) is 4. The van der Waals surface area contributed by atoms with E-state index in [1.165, 1.54) is 13.2 Å². The predicted molar refractivity (Wildman–Crippen MR) is 129 cm³/mol. The van der Waals surface area contributed by atoms with Crippen LogP contribution in [0, 0.1) is 7.43 Å². The SMILES string of the molecule is COC(=O)c1cccc(CS(=O)(=O)[N-]C(c2ccccc2)C([NH-])c2ccccc2)c1.[CH3-].[Cl][Ru+3]. The number of carbonyl (C=O) groups is 1. The number of ether oxygens (including phenoxy) is 1.